The normalized spacial score (nSPS) is 14.0. The highest BCUT2D eigenvalue weighted by atomic mass is 15.0. The molecule has 0 bridgehead atoms. The second-order valence-corrected chi connectivity index (χ2v) is 4.78. The highest BCUT2D eigenvalue weighted by Gasteiger charge is 2.03. The van der Waals surface area contributed by atoms with E-state index in [2.05, 4.69) is 42.9 Å². The van der Waals surface area contributed by atoms with Gasteiger partial charge in [-0.15, -0.1) is 0 Å². The third-order valence-electron chi connectivity index (χ3n) is 3.10. The van der Waals surface area contributed by atoms with Gasteiger partial charge in [-0.3, -0.25) is 0 Å². The average molecular weight is 274 g/mol. The van der Waals surface area contributed by atoms with Crippen LogP contribution in [0, 0.1) is 0 Å². The summed E-state index contributed by atoms with van der Waals surface area (Å²) >= 11 is 0. The van der Waals surface area contributed by atoms with Crippen LogP contribution >= 0.6 is 0 Å². The van der Waals surface area contributed by atoms with Crippen molar-refractivity contribution in [1.29, 1.82) is 0 Å². The number of likely N-dealkylation sites (N-methyl/N-ethyl adjacent to an activating group) is 1. The Morgan fingerprint density at radius 1 is 1.20 bits per heavy atom. The van der Waals surface area contributed by atoms with Gasteiger partial charge in [0.25, 0.3) is 0 Å². The Kier molecular flexibility index (Phi) is 13.1. The molecule has 0 radical (unpaired) electrons. The molecule has 0 aromatic heterocycles. The van der Waals surface area contributed by atoms with E-state index in [1.165, 1.54) is 18.4 Å². The van der Waals surface area contributed by atoms with Crippen molar-refractivity contribution in [2.24, 2.45) is 0 Å². The minimum absolute atomic E-state index is 0.532. The van der Waals surface area contributed by atoms with Gasteiger partial charge in [0.2, 0.25) is 0 Å². The van der Waals surface area contributed by atoms with Gasteiger partial charge in [0.05, 0.1) is 0 Å². The van der Waals surface area contributed by atoms with Crippen molar-refractivity contribution in [3.8, 4) is 0 Å². The Labute approximate surface area is 125 Å². The maximum absolute atomic E-state index is 3.76. The lowest BCUT2D eigenvalue weighted by Crippen LogP contribution is -2.36. The van der Waals surface area contributed by atoms with Crippen LogP contribution < -0.4 is 10.6 Å². The van der Waals surface area contributed by atoms with E-state index < -0.39 is 0 Å². The summed E-state index contributed by atoms with van der Waals surface area (Å²) in [5.41, 5.74) is 1.27. The lowest BCUT2D eigenvalue weighted by molar-refractivity contribution is 0.479. The molecule has 0 aromatic carbocycles. The first-order valence-corrected chi connectivity index (χ1v) is 7.36. The summed E-state index contributed by atoms with van der Waals surface area (Å²) in [6, 6.07) is 0.532. The molecule has 0 saturated heterocycles. The maximum atomic E-state index is 3.76. The SMILES string of the molecule is C=C/C=C/C=C/CNC[C@H](CCC/C=C(/C)C=C)NC. The summed E-state index contributed by atoms with van der Waals surface area (Å²) < 4.78 is 0. The van der Waals surface area contributed by atoms with Crippen molar-refractivity contribution in [2.45, 2.75) is 32.2 Å². The fraction of sp³-hybridized carbons (Fsp3) is 0.444. The van der Waals surface area contributed by atoms with E-state index in [0.29, 0.717) is 6.04 Å². The number of hydrogen-bond acceptors (Lipinski definition) is 2. The van der Waals surface area contributed by atoms with Gasteiger partial charge in [0.15, 0.2) is 0 Å². The van der Waals surface area contributed by atoms with E-state index >= 15 is 0 Å². The van der Waals surface area contributed by atoms with Crippen LogP contribution in [0.15, 0.2) is 61.3 Å². The molecule has 20 heavy (non-hydrogen) atoms. The lowest BCUT2D eigenvalue weighted by Gasteiger charge is -2.15. The summed E-state index contributed by atoms with van der Waals surface area (Å²) in [5, 5.41) is 6.79. The van der Waals surface area contributed by atoms with E-state index in [9.17, 15) is 0 Å². The van der Waals surface area contributed by atoms with Crippen molar-refractivity contribution >= 4 is 0 Å². The molecular weight excluding hydrogens is 244 g/mol. The first-order valence-electron chi connectivity index (χ1n) is 7.36. The summed E-state index contributed by atoms with van der Waals surface area (Å²) in [6.07, 6.45) is 17.5. The Morgan fingerprint density at radius 3 is 2.65 bits per heavy atom. The zero-order valence-electron chi connectivity index (χ0n) is 13.1. The predicted octanol–water partition coefficient (Wildman–Crippen LogP) is 3.77. The van der Waals surface area contributed by atoms with Crippen molar-refractivity contribution in [2.75, 3.05) is 20.1 Å². The van der Waals surface area contributed by atoms with Crippen molar-refractivity contribution in [3.63, 3.8) is 0 Å². The van der Waals surface area contributed by atoms with Crippen LogP contribution in [-0.4, -0.2) is 26.2 Å². The number of nitrogens with one attached hydrogen (secondary N) is 2. The molecule has 0 saturated carbocycles. The molecule has 0 aromatic rings. The van der Waals surface area contributed by atoms with Crippen molar-refractivity contribution in [3.05, 3.63) is 61.3 Å². The lowest BCUT2D eigenvalue weighted by atomic mass is 10.1. The highest BCUT2D eigenvalue weighted by molar-refractivity contribution is 5.12. The second kappa shape index (κ2) is 14.0. The van der Waals surface area contributed by atoms with Crippen LogP contribution in [-0.2, 0) is 0 Å². The second-order valence-electron chi connectivity index (χ2n) is 4.78. The van der Waals surface area contributed by atoms with Gasteiger partial charge in [-0.2, -0.15) is 0 Å². The molecule has 0 aliphatic carbocycles. The first-order chi connectivity index (χ1) is 9.74. The average Bonchev–Trinajstić information content (AvgIpc) is 2.48. The van der Waals surface area contributed by atoms with Crippen molar-refractivity contribution < 1.29 is 0 Å². The molecule has 0 fully saturated rings. The summed E-state index contributed by atoms with van der Waals surface area (Å²) in [7, 11) is 2.03. The molecule has 0 heterocycles. The highest BCUT2D eigenvalue weighted by Crippen LogP contribution is 2.04. The van der Waals surface area contributed by atoms with E-state index in [-0.39, 0.29) is 0 Å². The molecule has 2 heteroatoms. The Hall–Kier alpha value is -1.38. The fourth-order valence-electron chi connectivity index (χ4n) is 1.76. The van der Waals surface area contributed by atoms with E-state index in [1.807, 2.05) is 31.4 Å². The van der Waals surface area contributed by atoms with Gasteiger partial charge in [-0.1, -0.05) is 61.3 Å². The number of unbranched alkanes of at least 4 members (excludes halogenated alkanes) is 1. The zero-order valence-corrected chi connectivity index (χ0v) is 13.1. The van der Waals surface area contributed by atoms with Crippen LogP contribution in [0.5, 0.6) is 0 Å². The third kappa shape index (κ3) is 11.7. The third-order valence-corrected chi connectivity index (χ3v) is 3.10. The molecule has 0 aliphatic rings. The van der Waals surface area contributed by atoms with Gasteiger partial charge >= 0.3 is 0 Å². The number of hydrogen-bond donors (Lipinski definition) is 2. The quantitative estimate of drug-likeness (QED) is 0.418. The molecule has 0 aliphatic heterocycles. The van der Waals surface area contributed by atoms with E-state index in [0.717, 1.165) is 19.5 Å². The van der Waals surface area contributed by atoms with Crippen LogP contribution in [0.3, 0.4) is 0 Å². The van der Waals surface area contributed by atoms with Crippen LogP contribution in [0.25, 0.3) is 0 Å². The van der Waals surface area contributed by atoms with Crippen LogP contribution in [0.1, 0.15) is 26.2 Å². The summed E-state index contributed by atoms with van der Waals surface area (Å²) in [5.74, 6) is 0. The Morgan fingerprint density at radius 2 is 2.00 bits per heavy atom. The predicted molar refractivity (Wildman–Crippen MR) is 92.0 cm³/mol. The smallest absolute Gasteiger partial charge is 0.0189 e. The van der Waals surface area contributed by atoms with Crippen molar-refractivity contribution in [1.82, 2.24) is 10.6 Å². The molecule has 0 spiro atoms. The Bertz CT molecular complexity index is 337. The Balaban J connectivity index is 3.71. The maximum Gasteiger partial charge on any atom is 0.0189 e. The van der Waals surface area contributed by atoms with Gasteiger partial charge in [0, 0.05) is 19.1 Å². The van der Waals surface area contributed by atoms with E-state index in [4.69, 9.17) is 0 Å². The molecule has 0 rings (SSSR count). The molecule has 112 valence electrons. The molecule has 1 atom stereocenters. The molecule has 2 nitrogen and oxygen atoms in total. The standard InChI is InChI=1S/C18H30N2/c1-5-7-8-9-12-15-20-16-18(19-4)14-11-10-13-17(3)6-2/h5-9,12-13,18-20H,1-2,10-11,14-16H2,3-4H3/b8-7+,12-9+,17-13-/t18-/m0/s1. The minimum Gasteiger partial charge on any atom is -0.316 e. The first kappa shape index (κ1) is 18.6. The van der Waals surface area contributed by atoms with E-state index in [1.54, 1.807) is 6.08 Å². The molecule has 0 unspecified atom stereocenters. The van der Waals surface area contributed by atoms with Crippen LogP contribution in [0.4, 0.5) is 0 Å². The van der Waals surface area contributed by atoms with Gasteiger partial charge in [-0.25, -0.2) is 0 Å². The fourth-order valence-corrected chi connectivity index (χ4v) is 1.76. The topological polar surface area (TPSA) is 24.1 Å². The summed E-state index contributed by atoms with van der Waals surface area (Å²) in [4.78, 5) is 0. The van der Waals surface area contributed by atoms with Gasteiger partial charge in [0.1, 0.15) is 0 Å². The largest absolute Gasteiger partial charge is 0.316 e. The van der Waals surface area contributed by atoms with Gasteiger partial charge < -0.3 is 10.6 Å². The zero-order chi connectivity index (χ0) is 15.1. The number of rotatable bonds is 12. The molecular formula is C18H30N2. The molecule has 2 N–H and O–H groups in total. The summed E-state index contributed by atoms with van der Waals surface area (Å²) in [6.45, 7) is 11.4. The molecule has 0 amide bonds. The monoisotopic (exact) mass is 274 g/mol. The van der Waals surface area contributed by atoms with Crippen LogP contribution in [0.2, 0.25) is 0 Å². The number of allylic oxidation sites excluding steroid dienone is 7. The van der Waals surface area contributed by atoms with Gasteiger partial charge in [-0.05, 0) is 33.2 Å². The minimum atomic E-state index is 0.532.